The zero-order valence-corrected chi connectivity index (χ0v) is 9.79. The molecule has 0 aliphatic rings. The molecule has 0 fully saturated rings. The van der Waals surface area contributed by atoms with Crippen molar-refractivity contribution in [2.24, 2.45) is 0 Å². The number of phenolic OH excluding ortho intramolecular Hbond substituents is 1. The van der Waals surface area contributed by atoms with Crippen LogP contribution < -0.4 is 0 Å². The van der Waals surface area contributed by atoms with Crippen LogP contribution in [0.4, 0.5) is 13.2 Å². The molecular formula is C13H13F3O2. The van der Waals surface area contributed by atoms with Crippen LogP contribution in [0.1, 0.15) is 30.9 Å². The molecule has 1 N–H and O–H groups in total. The van der Waals surface area contributed by atoms with E-state index in [1.54, 1.807) is 0 Å². The quantitative estimate of drug-likeness (QED) is 0.834. The van der Waals surface area contributed by atoms with Crippen molar-refractivity contribution in [2.45, 2.75) is 25.9 Å². The van der Waals surface area contributed by atoms with Crippen LogP contribution in [0.3, 0.4) is 0 Å². The third kappa shape index (κ3) is 3.91. The van der Waals surface area contributed by atoms with E-state index in [9.17, 15) is 18.0 Å². The number of carbonyl (C=O) groups excluding carboxylic acids is 1. The standard InChI is InChI=1S/C13H13F3O2/c1-2-3-10(17)6-4-9-5-7-11(18)8-12(9)13(14,15)16/h4-8,18H,2-3H2,1H3/b6-4+. The Hall–Kier alpha value is -1.78. The van der Waals surface area contributed by atoms with Gasteiger partial charge in [-0.05, 0) is 30.2 Å². The summed E-state index contributed by atoms with van der Waals surface area (Å²) in [4.78, 5) is 11.2. The molecule has 0 saturated carbocycles. The first-order chi connectivity index (χ1) is 8.34. The number of rotatable bonds is 4. The van der Waals surface area contributed by atoms with Crippen LogP contribution >= 0.6 is 0 Å². The number of allylic oxidation sites excluding steroid dienone is 1. The number of carbonyl (C=O) groups is 1. The van der Waals surface area contributed by atoms with Gasteiger partial charge < -0.3 is 5.11 Å². The molecule has 0 spiro atoms. The summed E-state index contributed by atoms with van der Waals surface area (Å²) in [5.74, 6) is -0.682. The van der Waals surface area contributed by atoms with E-state index in [0.29, 0.717) is 18.9 Å². The van der Waals surface area contributed by atoms with Crippen LogP contribution in [0.5, 0.6) is 5.75 Å². The van der Waals surface area contributed by atoms with Crippen molar-refractivity contribution in [3.8, 4) is 5.75 Å². The van der Waals surface area contributed by atoms with Gasteiger partial charge in [0.05, 0.1) is 5.56 Å². The maximum Gasteiger partial charge on any atom is 0.417 e. The lowest BCUT2D eigenvalue weighted by molar-refractivity contribution is -0.137. The van der Waals surface area contributed by atoms with Gasteiger partial charge in [0, 0.05) is 6.42 Å². The Morgan fingerprint density at radius 2 is 2.06 bits per heavy atom. The Balaban J connectivity index is 3.06. The number of halogens is 3. The van der Waals surface area contributed by atoms with E-state index in [2.05, 4.69) is 0 Å². The lowest BCUT2D eigenvalue weighted by atomic mass is 10.1. The Morgan fingerprint density at radius 1 is 1.39 bits per heavy atom. The third-order valence-corrected chi connectivity index (χ3v) is 2.29. The summed E-state index contributed by atoms with van der Waals surface area (Å²) >= 11 is 0. The summed E-state index contributed by atoms with van der Waals surface area (Å²) in [5, 5.41) is 9.07. The molecule has 1 rings (SSSR count). The van der Waals surface area contributed by atoms with Gasteiger partial charge in [0.15, 0.2) is 5.78 Å². The van der Waals surface area contributed by atoms with Gasteiger partial charge in [-0.3, -0.25) is 4.79 Å². The number of hydrogen-bond acceptors (Lipinski definition) is 2. The first-order valence-corrected chi connectivity index (χ1v) is 5.45. The number of phenols is 1. The van der Waals surface area contributed by atoms with Crippen LogP contribution in [0.2, 0.25) is 0 Å². The Labute approximate surface area is 103 Å². The number of aromatic hydroxyl groups is 1. The molecule has 98 valence electrons. The Morgan fingerprint density at radius 3 is 2.61 bits per heavy atom. The van der Waals surface area contributed by atoms with Crippen molar-refractivity contribution < 1.29 is 23.1 Å². The van der Waals surface area contributed by atoms with E-state index in [1.165, 1.54) is 0 Å². The highest BCUT2D eigenvalue weighted by Gasteiger charge is 2.33. The largest absolute Gasteiger partial charge is 0.508 e. The molecule has 0 amide bonds. The lowest BCUT2D eigenvalue weighted by Gasteiger charge is -2.10. The number of benzene rings is 1. The second kappa shape index (κ2) is 5.71. The molecule has 5 heteroatoms. The summed E-state index contributed by atoms with van der Waals surface area (Å²) < 4.78 is 38.0. The fourth-order valence-electron chi connectivity index (χ4n) is 1.45. The molecule has 1 aromatic carbocycles. The lowest BCUT2D eigenvalue weighted by Crippen LogP contribution is -2.07. The minimum Gasteiger partial charge on any atom is -0.508 e. The predicted molar refractivity (Wildman–Crippen MR) is 62.1 cm³/mol. The molecule has 0 aliphatic heterocycles. The maximum absolute atomic E-state index is 12.7. The topological polar surface area (TPSA) is 37.3 Å². The van der Waals surface area contributed by atoms with Crippen molar-refractivity contribution in [3.63, 3.8) is 0 Å². The number of hydrogen-bond donors (Lipinski definition) is 1. The van der Waals surface area contributed by atoms with E-state index in [4.69, 9.17) is 5.11 Å². The number of ketones is 1. The minimum absolute atomic E-state index is 0.134. The van der Waals surface area contributed by atoms with Crippen LogP contribution in [0.25, 0.3) is 6.08 Å². The van der Waals surface area contributed by atoms with Gasteiger partial charge in [-0.1, -0.05) is 19.1 Å². The van der Waals surface area contributed by atoms with Gasteiger partial charge in [-0.15, -0.1) is 0 Å². The van der Waals surface area contributed by atoms with Gasteiger partial charge in [0.25, 0.3) is 0 Å². The van der Waals surface area contributed by atoms with Gasteiger partial charge >= 0.3 is 6.18 Å². The normalized spacial score (nSPS) is 12.0. The smallest absolute Gasteiger partial charge is 0.417 e. The van der Waals surface area contributed by atoms with Crippen molar-refractivity contribution in [2.75, 3.05) is 0 Å². The molecule has 1 aromatic rings. The fourth-order valence-corrected chi connectivity index (χ4v) is 1.45. The SMILES string of the molecule is CCCC(=O)/C=C/c1ccc(O)cc1C(F)(F)F. The van der Waals surface area contributed by atoms with Gasteiger partial charge in [-0.2, -0.15) is 13.2 Å². The molecule has 0 atom stereocenters. The average molecular weight is 258 g/mol. The maximum atomic E-state index is 12.7. The molecule has 0 saturated heterocycles. The minimum atomic E-state index is -4.56. The molecule has 0 aromatic heterocycles. The van der Waals surface area contributed by atoms with Gasteiger partial charge in [0.2, 0.25) is 0 Å². The molecule has 0 aliphatic carbocycles. The highest BCUT2D eigenvalue weighted by molar-refractivity contribution is 5.93. The first-order valence-electron chi connectivity index (χ1n) is 5.45. The zero-order chi connectivity index (χ0) is 13.8. The van der Waals surface area contributed by atoms with Crippen molar-refractivity contribution in [3.05, 3.63) is 35.4 Å². The van der Waals surface area contributed by atoms with E-state index in [-0.39, 0.29) is 11.3 Å². The summed E-state index contributed by atoms with van der Waals surface area (Å²) in [6.45, 7) is 1.81. The second-order valence-corrected chi connectivity index (χ2v) is 3.82. The van der Waals surface area contributed by atoms with Gasteiger partial charge in [-0.25, -0.2) is 0 Å². The van der Waals surface area contributed by atoms with E-state index in [0.717, 1.165) is 24.3 Å². The van der Waals surface area contributed by atoms with E-state index in [1.807, 2.05) is 6.92 Å². The van der Waals surface area contributed by atoms with Crippen molar-refractivity contribution >= 4 is 11.9 Å². The third-order valence-electron chi connectivity index (χ3n) is 2.29. The Kier molecular flexibility index (Phi) is 4.53. The highest BCUT2D eigenvalue weighted by atomic mass is 19.4. The van der Waals surface area contributed by atoms with Crippen LogP contribution in [0.15, 0.2) is 24.3 Å². The second-order valence-electron chi connectivity index (χ2n) is 3.82. The summed E-state index contributed by atoms with van der Waals surface area (Å²) in [7, 11) is 0. The van der Waals surface area contributed by atoms with E-state index < -0.39 is 17.5 Å². The molecular weight excluding hydrogens is 245 g/mol. The molecule has 0 bridgehead atoms. The van der Waals surface area contributed by atoms with Crippen LogP contribution in [-0.2, 0) is 11.0 Å². The molecule has 0 radical (unpaired) electrons. The van der Waals surface area contributed by atoms with Crippen LogP contribution in [0, 0.1) is 0 Å². The summed E-state index contributed by atoms with van der Waals surface area (Å²) in [6.07, 6.45) is -1.36. The first kappa shape index (κ1) is 14.3. The monoisotopic (exact) mass is 258 g/mol. The predicted octanol–water partition coefficient (Wildman–Crippen LogP) is 3.79. The summed E-state index contributed by atoms with van der Waals surface area (Å²) in [6, 6.07) is 2.93. The fraction of sp³-hybridized carbons (Fsp3) is 0.308. The molecule has 0 heterocycles. The van der Waals surface area contributed by atoms with Crippen molar-refractivity contribution in [1.29, 1.82) is 0 Å². The highest BCUT2D eigenvalue weighted by Crippen LogP contribution is 2.34. The summed E-state index contributed by atoms with van der Waals surface area (Å²) in [5.41, 5.74) is -1.09. The molecule has 18 heavy (non-hydrogen) atoms. The number of alkyl halides is 3. The van der Waals surface area contributed by atoms with Crippen LogP contribution in [-0.4, -0.2) is 10.9 Å². The molecule has 0 unspecified atom stereocenters. The van der Waals surface area contributed by atoms with Gasteiger partial charge in [0.1, 0.15) is 5.75 Å². The zero-order valence-electron chi connectivity index (χ0n) is 9.79. The van der Waals surface area contributed by atoms with E-state index >= 15 is 0 Å². The Bertz CT molecular complexity index is 462. The van der Waals surface area contributed by atoms with Crippen molar-refractivity contribution in [1.82, 2.24) is 0 Å². The average Bonchev–Trinajstić information content (AvgIpc) is 2.26. The molecule has 2 nitrogen and oxygen atoms in total.